The van der Waals surface area contributed by atoms with Crippen molar-refractivity contribution in [3.8, 4) is 0 Å². The normalized spacial score (nSPS) is 17.6. The van der Waals surface area contributed by atoms with Crippen molar-refractivity contribution in [3.05, 3.63) is 51.5 Å². The Morgan fingerprint density at radius 2 is 2.00 bits per heavy atom. The van der Waals surface area contributed by atoms with Crippen LogP contribution in [0.25, 0.3) is 0 Å². The highest BCUT2D eigenvalue weighted by atomic mass is 32.1. The molecule has 6 heteroatoms. The van der Waals surface area contributed by atoms with E-state index in [1.54, 1.807) is 11.3 Å². The smallest absolute Gasteiger partial charge is 0.273 e. The first-order chi connectivity index (χ1) is 11.9. The molecular formula is C19H26N4OS. The van der Waals surface area contributed by atoms with Crippen molar-refractivity contribution in [2.45, 2.75) is 25.6 Å². The zero-order valence-corrected chi connectivity index (χ0v) is 16.2. The number of benzene rings is 1. The topological polar surface area (TPSA) is 39.7 Å². The molecule has 2 heterocycles. The lowest BCUT2D eigenvalue weighted by Crippen LogP contribution is -2.46. The number of likely N-dealkylation sites (N-methyl/N-ethyl adjacent to an activating group) is 2. The number of carbonyl (C=O) groups is 1. The maximum Gasteiger partial charge on any atom is 0.273 e. The molecule has 0 aliphatic carbocycles. The molecule has 0 bridgehead atoms. The fraction of sp³-hybridized carbons (Fsp3) is 0.474. The van der Waals surface area contributed by atoms with Crippen LogP contribution in [-0.4, -0.2) is 66.4 Å². The third-order valence-electron chi connectivity index (χ3n) is 4.67. The minimum atomic E-state index is 0.00788. The van der Waals surface area contributed by atoms with Crippen LogP contribution in [0, 0.1) is 0 Å². The SMILES string of the molecule is CN(C)Cc1nc(C(=O)N(C)CC2Cc3ccccc3CN2C)cs1. The van der Waals surface area contributed by atoms with E-state index in [0.717, 1.165) is 24.5 Å². The molecule has 0 saturated carbocycles. The van der Waals surface area contributed by atoms with E-state index in [0.29, 0.717) is 18.3 Å². The summed E-state index contributed by atoms with van der Waals surface area (Å²) < 4.78 is 0. The molecule has 0 fully saturated rings. The standard InChI is InChI=1S/C19H26N4OS/c1-21(2)12-18-20-17(13-25-18)19(24)23(4)11-16-9-14-7-5-6-8-15(14)10-22(16)3/h5-8,13,16H,9-12H2,1-4H3. The van der Waals surface area contributed by atoms with E-state index in [1.807, 2.05) is 31.4 Å². The van der Waals surface area contributed by atoms with Gasteiger partial charge in [-0.1, -0.05) is 24.3 Å². The Morgan fingerprint density at radius 1 is 1.28 bits per heavy atom. The van der Waals surface area contributed by atoms with Crippen molar-refractivity contribution >= 4 is 17.2 Å². The van der Waals surface area contributed by atoms with E-state index < -0.39 is 0 Å². The summed E-state index contributed by atoms with van der Waals surface area (Å²) in [6.07, 6.45) is 0.979. The Morgan fingerprint density at radius 3 is 2.72 bits per heavy atom. The first kappa shape index (κ1) is 18.0. The predicted octanol–water partition coefficient (Wildman–Crippen LogP) is 2.33. The van der Waals surface area contributed by atoms with Crippen LogP contribution in [0.4, 0.5) is 0 Å². The monoisotopic (exact) mass is 358 g/mol. The van der Waals surface area contributed by atoms with Gasteiger partial charge in [-0.2, -0.15) is 0 Å². The molecule has 0 radical (unpaired) electrons. The Hall–Kier alpha value is -1.76. The van der Waals surface area contributed by atoms with Crippen LogP contribution in [0.15, 0.2) is 29.6 Å². The van der Waals surface area contributed by atoms with Gasteiger partial charge in [0.2, 0.25) is 0 Å². The van der Waals surface area contributed by atoms with Crippen LogP contribution in [0.3, 0.4) is 0 Å². The van der Waals surface area contributed by atoms with Crippen LogP contribution < -0.4 is 0 Å². The molecule has 5 nitrogen and oxygen atoms in total. The van der Waals surface area contributed by atoms with Gasteiger partial charge in [0.1, 0.15) is 10.7 Å². The molecule has 1 aromatic carbocycles. The molecular weight excluding hydrogens is 332 g/mol. The zero-order valence-electron chi connectivity index (χ0n) is 15.4. The highest BCUT2D eigenvalue weighted by Crippen LogP contribution is 2.22. The van der Waals surface area contributed by atoms with Gasteiger partial charge in [-0.25, -0.2) is 4.98 Å². The molecule has 1 amide bonds. The van der Waals surface area contributed by atoms with Gasteiger partial charge in [0.05, 0.1) is 0 Å². The van der Waals surface area contributed by atoms with E-state index in [2.05, 4.69) is 46.1 Å². The minimum Gasteiger partial charge on any atom is -0.339 e. The molecule has 134 valence electrons. The maximum atomic E-state index is 12.7. The van der Waals surface area contributed by atoms with Gasteiger partial charge in [-0.05, 0) is 38.7 Å². The van der Waals surface area contributed by atoms with Crippen molar-refractivity contribution < 1.29 is 4.79 Å². The summed E-state index contributed by atoms with van der Waals surface area (Å²) >= 11 is 1.55. The third-order valence-corrected chi connectivity index (χ3v) is 5.50. The van der Waals surface area contributed by atoms with E-state index >= 15 is 0 Å². The second-order valence-corrected chi connectivity index (χ2v) is 8.03. The molecule has 1 aliphatic heterocycles. The number of rotatable bonds is 5. The van der Waals surface area contributed by atoms with Gasteiger partial charge < -0.3 is 9.80 Å². The predicted molar refractivity (Wildman–Crippen MR) is 102 cm³/mol. The fourth-order valence-electron chi connectivity index (χ4n) is 3.27. The van der Waals surface area contributed by atoms with Gasteiger partial charge in [0.15, 0.2) is 0 Å². The van der Waals surface area contributed by atoms with Crippen LogP contribution in [0.2, 0.25) is 0 Å². The average Bonchev–Trinajstić information content (AvgIpc) is 3.02. The van der Waals surface area contributed by atoms with E-state index in [-0.39, 0.29) is 5.91 Å². The van der Waals surface area contributed by atoms with Gasteiger partial charge in [-0.15, -0.1) is 11.3 Å². The summed E-state index contributed by atoms with van der Waals surface area (Å²) in [6.45, 7) is 2.42. The lowest BCUT2D eigenvalue weighted by Gasteiger charge is -2.36. The number of fused-ring (bicyclic) bond motifs is 1. The van der Waals surface area contributed by atoms with E-state index in [4.69, 9.17) is 0 Å². The summed E-state index contributed by atoms with van der Waals surface area (Å²) in [5.74, 6) is 0.00788. The molecule has 2 aromatic rings. The van der Waals surface area contributed by atoms with Crippen molar-refractivity contribution in [1.82, 2.24) is 19.7 Å². The Kier molecular flexibility index (Phi) is 5.51. The quantitative estimate of drug-likeness (QED) is 0.822. The number of nitrogens with zero attached hydrogens (tertiary/aromatic N) is 4. The van der Waals surface area contributed by atoms with Crippen molar-refractivity contribution in [3.63, 3.8) is 0 Å². The molecule has 0 saturated heterocycles. The molecule has 25 heavy (non-hydrogen) atoms. The highest BCUT2D eigenvalue weighted by Gasteiger charge is 2.26. The van der Waals surface area contributed by atoms with Crippen LogP contribution in [0.5, 0.6) is 0 Å². The Bertz CT molecular complexity index is 743. The minimum absolute atomic E-state index is 0.00788. The summed E-state index contributed by atoms with van der Waals surface area (Å²) in [4.78, 5) is 23.4. The van der Waals surface area contributed by atoms with E-state index in [1.165, 1.54) is 11.1 Å². The van der Waals surface area contributed by atoms with Gasteiger partial charge in [-0.3, -0.25) is 9.69 Å². The third kappa shape index (κ3) is 4.26. The zero-order chi connectivity index (χ0) is 18.0. The first-order valence-corrected chi connectivity index (χ1v) is 9.43. The van der Waals surface area contributed by atoms with Crippen molar-refractivity contribution in [1.29, 1.82) is 0 Å². The highest BCUT2D eigenvalue weighted by molar-refractivity contribution is 7.09. The average molecular weight is 359 g/mol. The lowest BCUT2D eigenvalue weighted by atomic mass is 9.94. The van der Waals surface area contributed by atoms with Crippen molar-refractivity contribution in [2.24, 2.45) is 0 Å². The number of thiazole rings is 1. The Labute approximate surface area is 153 Å². The first-order valence-electron chi connectivity index (χ1n) is 8.55. The number of hydrogen-bond acceptors (Lipinski definition) is 5. The van der Waals surface area contributed by atoms with Crippen molar-refractivity contribution in [2.75, 3.05) is 34.7 Å². The summed E-state index contributed by atoms with van der Waals surface area (Å²) in [5.41, 5.74) is 3.35. The molecule has 3 rings (SSSR count). The number of amides is 1. The van der Waals surface area contributed by atoms with E-state index in [9.17, 15) is 4.79 Å². The number of aromatic nitrogens is 1. The lowest BCUT2D eigenvalue weighted by molar-refractivity contribution is 0.0728. The summed E-state index contributed by atoms with van der Waals surface area (Å²) in [6, 6.07) is 8.92. The summed E-state index contributed by atoms with van der Waals surface area (Å²) in [7, 11) is 8.02. The second kappa shape index (κ2) is 7.64. The molecule has 1 unspecified atom stereocenters. The second-order valence-electron chi connectivity index (χ2n) is 7.09. The largest absolute Gasteiger partial charge is 0.339 e. The van der Waals surface area contributed by atoms with Crippen LogP contribution >= 0.6 is 11.3 Å². The number of carbonyl (C=O) groups excluding carboxylic acids is 1. The van der Waals surface area contributed by atoms with Crippen LogP contribution in [0.1, 0.15) is 26.6 Å². The molecule has 0 spiro atoms. The summed E-state index contributed by atoms with van der Waals surface area (Å²) in [5, 5.41) is 2.85. The van der Waals surface area contributed by atoms with Gasteiger partial charge in [0.25, 0.3) is 5.91 Å². The van der Waals surface area contributed by atoms with Gasteiger partial charge >= 0.3 is 0 Å². The fourth-order valence-corrected chi connectivity index (χ4v) is 4.15. The van der Waals surface area contributed by atoms with Crippen LogP contribution in [-0.2, 0) is 19.5 Å². The number of hydrogen-bond donors (Lipinski definition) is 0. The Balaban J connectivity index is 1.64. The molecule has 1 aliphatic rings. The molecule has 0 N–H and O–H groups in total. The molecule has 1 atom stereocenters. The molecule has 1 aromatic heterocycles. The van der Waals surface area contributed by atoms with Gasteiger partial charge in [0, 0.05) is 38.1 Å². The maximum absolute atomic E-state index is 12.7.